The molecule has 0 aromatic carbocycles. The molecule has 3 nitrogen and oxygen atoms in total. The number of aliphatic carboxylic acids is 1. The second-order valence-electron chi connectivity index (χ2n) is 9.23. The maximum absolute atomic E-state index is 12.0. The highest BCUT2D eigenvalue weighted by molar-refractivity contribution is 5.67. The summed E-state index contributed by atoms with van der Waals surface area (Å²) >= 11 is 0. The van der Waals surface area contributed by atoms with Crippen molar-refractivity contribution in [2.45, 2.75) is 76.7 Å². The van der Waals surface area contributed by atoms with Crippen LogP contribution in [0.4, 0.5) is 0 Å². The van der Waals surface area contributed by atoms with Gasteiger partial charge in [-0.3, -0.25) is 4.79 Å². The summed E-state index contributed by atoms with van der Waals surface area (Å²) in [6, 6.07) is 0. The molecule has 4 aliphatic carbocycles. The van der Waals surface area contributed by atoms with E-state index >= 15 is 0 Å². The number of allylic oxidation sites excluding steroid dienone is 1. The molecule has 4 aliphatic rings. The fraction of sp³-hybridized carbons (Fsp3) is 0.850. The molecule has 128 valence electrons. The Bertz CT molecular complexity index is 555. The molecule has 3 heteroatoms. The highest BCUT2D eigenvalue weighted by Gasteiger charge is 2.69. The molecule has 0 amide bonds. The maximum atomic E-state index is 12.0. The highest BCUT2D eigenvalue weighted by atomic mass is 16.4. The first-order valence-corrected chi connectivity index (χ1v) is 9.43. The van der Waals surface area contributed by atoms with Gasteiger partial charge in [0.2, 0.25) is 0 Å². The largest absolute Gasteiger partial charge is 0.481 e. The number of carbonyl (C=O) groups is 1. The van der Waals surface area contributed by atoms with Crippen molar-refractivity contribution in [1.82, 2.24) is 0 Å². The van der Waals surface area contributed by atoms with Gasteiger partial charge < -0.3 is 10.2 Å². The van der Waals surface area contributed by atoms with E-state index in [2.05, 4.69) is 13.5 Å². The zero-order valence-electron chi connectivity index (χ0n) is 14.3. The fourth-order valence-electron chi connectivity index (χ4n) is 7.43. The van der Waals surface area contributed by atoms with Gasteiger partial charge in [0.05, 0.1) is 5.60 Å². The van der Waals surface area contributed by atoms with Crippen molar-refractivity contribution < 1.29 is 15.0 Å². The Morgan fingerprint density at radius 3 is 2.78 bits per heavy atom. The number of hydrogen-bond donors (Lipinski definition) is 2. The molecule has 0 aromatic rings. The van der Waals surface area contributed by atoms with Crippen LogP contribution in [0.5, 0.6) is 0 Å². The molecule has 0 aromatic heterocycles. The minimum atomic E-state index is -0.676. The average molecular weight is 318 g/mol. The number of fused-ring (bicyclic) bond motifs is 3. The van der Waals surface area contributed by atoms with Crippen LogP contribution >= 0.6 is 0 Å². The van der Waals surface area contributed by atoms with E-state index in [1.165, 1.54) is 5.57 Å². The van der Waals surface area contributed by atoms with Crippen LogP contribution < -0.4 is 0 Å². The Balaban J connectivity index is 1.72. The Kier molecular flexibility index (Phi) is 3.30. The van der Waals surface area contributed by atoms with Crippen LogP contribution in [-0.2, 0) is 4.79 Å². The van der Waals surface area contributed by atoms with Crippen molar-refractivity contribution in [3.05, 3.63) is 12.2 Å². The predicted molar refractivity (Wildman–Crippen MR) is 88.9 cm³/mol. The maximum Gasteiger partial charge on any atom is 0.303 e. The van der Waals surface area contributed by atoms with E-state index in [4.69, 9.17) is 0 Å². The summed E-state index contributed by atoms with van der Waals surface area (Å²) in [4.78, 5) is 11.3. The third kappa shape index (κ3) is 1.89. The Labute approximate surface area is 139 Å². The van der Waals surface area contributed by atoms with Gasteiger partial charge >= 0.3 is 5.97 Å². The first-order chi connectivity index (χ1) is 10.8. The lowest BCUT2D eigenvalue weighted by Gasteiger charge is -2.66. The first kappa shape index (κ1) is 15.7. The second-order valence-corrected chi connectivity index (χ2v) is 9.23. The SMILES string of the molecule is C=C1C[C@@]23CC[C@@H]4[C@@H](CC(=O)O)CCC[C@@]4(C)[C@]2(O)CC[C@@H]1C3. The van der Waals surface area contributed by atoms with Crippen LogP contribution in [0.1, 0.15) is 71.1 Å². The van der Waals surface area contributed by atoms with Gasteiger partial charge in [0.25, 0.3) is 0 Å². The van der Waals surface area contributed by atoms with Gasteiger partial charge in [-0.25, -0.2) is 0 Å². The van der Waals surface area contributed by atoms with Crippen molar-refractivity contribution in [2.24, 2.45) is 28.6 Å². The molecule has 0 radical (unpaired) electrons. The predicted octanol–water partition coefficient (Wildman–Crippen LogP) is 4.16. The van der Waals surface area contributed by atoms with E-state index in [9.17, 15) is 15.0 Å². The normalized spacial score (nSPS) is 51.9. The van der Waals surface area contributed by atoms with E-state index in [0.29, 0.717) is 11.8 Å². The highest BCUT2D eigenvalue weighted by Crippen LogP contribution is 2.72. The minimum Gasteiger partial charge on any atom is -0.481 e. The van der Waals surface area contributed by atoms with E-state index in [-0.39, 0.29) is 23.2 Å². The van der Waals surface area contributed by atoms with Gasteiger partial charge in [0.15, 0.2) is 0 Å². The summed E-state index contributed by atoms with van der Waals surface area (Å²) in [6.07, 6.45) is 9.66. The lowest BCUT2D eigenvalue weighted by atomic mass is 9.41. The van der Waals surface area contributed by atoms with Gasteiger partial charge in [-0.05, 0) is 74.5 Å². The van der Waals surface area contributed by atoms with E-state index in [1.807, 2.05) is 0 Å². The molecule has 1 spiro atoms. The van der Waals surface area contributed by atoms with E-state index in [0.717, 1.165) is 57.8 Å². The first-order valence-electron chi connectivity index (χ1n) is 9.43. The van der Waals surface area contributed by atoms with E-state index < -0.39 is 11.6 Å². The summed E-state index contributed by atoms with van der Waals surface area (Å²) in [7, 11) is 0. The van der Waals surface area contributed by atoms with Crippen molar-refractivity contribution in [3.8, 4) is 0 Å². The van der Waals surface area contributed by atoms with Gasteiger partial charge in [-0.1, -0.05) is 25.5 Å². The van der Waals surface area contributed by atoms with Gasteiger partial charge in [0.1, 0.15) is 0 Å². The van der Waals surface area contributed by atoms with Crippen LogP contribution in [0, 0.1) is 28.6 Å². The molecule has 0 saturated heterocycles. The molecule has 6 atom stereocenters. The van der Waals surface area contributed by atoms with Crippen LogP contribution in [0.3, 0.4) is 0 Å². The minimum absolute atomic E-state index is 0.0311. The average Bonchev–Trinajstić information content (AvgIpc) is 2.74. The zero-order valence-corrected chi connectivity index (χ0v) is 14.3. The zero-order chi connectivity index (χ0) is 16.5. The quantitative estimate of drug-likeness (QED) is 0.752. The monoisotopic (exact) mass is 318 g/mol. The molecule has 0 unspecified atom stereocenters. The van der Waals surface area contributed by atoms with Crippen molar-refractivity contribution in [2.75, 3.05) is 0 Å². The second kappa shape index (κ2) is 4.84. The van der Waals surface area contributed by atoms with Crippen molar-refractivity contribution in [1.29, 1.82) is 0 Å². The number of hydrogen-bond acceptors (Lipinski definition) is 2. The summed E-state index contributed by atoms with van der Waals surface area (Å²) in [6.45, 7) is 6.59. The number of carboxylic acid groups (broad SMARTS) is 1. The summed E-state index contributed by atoms with van der Waals surface area (Å²) in [5.41, 5.74) is 0.666. The molecule has 4 saturated carbocycles. The standard InChI is InChI=1S/C20H30O3/c1-13-11-19-8-6-16-14(10-17(21)22)4-3-7-18(16,2)20(19,23)9-5-15(13)12-19/h14-16,23H,1,3-12H2,2H3,(H,21,22)/t14-,15-,16-,18-,19-,20-/m1/s1. The van der Waals surface area contributed by atoms with Crippen molar-refractivity contribution >= 4 is 5.97 Å². The number of carboxylic acids is 1. The van der Waals surface area contributed by atoms with Crippen LogP contribution in [0.2, 0.25) is 0 Å². The smallest absolute Gasteiger partial charge is 0.303 e. The van der Waals surface area contributed by atoms with Crippen molar-refractivity contribution in [3.63, 3.8) is 0 Å². The molecular formula is C20H30O3. The van der Waals surface area contributed by atoms with Crippen LogP contribution in [0.15, 0.2) is 12.2 Å². The molecule has 2 N–H and O–H groups in total. The summed E-state index contributed by atoms with van der Waals surface area (Å²) in [5.74, 6) is 0.557. The summed E-state index contributed by atoms with van der Waals surface area (Å²) in [5, 5.41) is 21.3. The molecular weight excluding hydrogens is 288 g/mol. The Morgan fingerprint density at radius 1 is 1.26 bits per heavy atom. The fourth-order valence-corrected chi connectivity index (χ4v) is 7.43. The molecule has 0 aliphatic heterocycles. The summed E-state index contributed by atoms with van der Waals surface area (Å²) < 4.78 is 0. The molecule has 23 heavy (non-hydrogen) atoms. The lowest BCUT2D eigenvalue weighted by Crippen LogP contribution is -2.66. The van der Waals surface area contributed by atoms with Crippen LogP contribution in [-0.4, -0.2) is 21.8 Å². The Morgan fingerprint density at radius 2 is 2.04 bits per heavy atom. The van der Waals surface area contributed by atoms with Gasteiger partial charge in [-0.2, -0.15) is 0 Å². The third-order valence-corrected chi connectivity index (χ3v) is 8.49. The molecule has 4 fully saturated rings. The third-order valence-electron chi connectivity index (χ3n) is 8.49. The van der Waals surface area contributed by atoms with Gasteiger partial charge in [-0.15, -0.1) is 0 Å². The van der Waals surface area contributed by atoms with Crippen LogP contribution in [0.25, 0.3) is 0 Å². The molecule has 0 heterocycles. The van der Waals surface area contributed by atoms with E-state index in [1.54, 1.807) is 0 Å². The lowest BCUT2D eigenvalue weighted by molar-refractivity contribution is -0.251. The molecule has 2 bridgehead atoms. The van der Waals surface area contributed by atoms with Gasteiger partial charge in [0, 0.05) is 11.8 Å². The number of aliphatic hydroxyl groups is 1. The number of rotatable bonds is 2. The topological polar surface area (TPSA) is 57.5 Å². The molecule has 4 rings (SSSR count). The Hall–Kier alpha value is -0.830.